The normalized spacial score (nSPS) is 12.4. The van der Waals surface area contributed by atoms with E-state index in [-0.39, 0.29) is 6.04 Å². The van der Waals surface area contributed by atoms with Crippen LogP contribution in [-0.2, 0) is 13.0 Å². The third-order valence-electron chi connectivity index (χ3n) is 3.48. The molecule has 1 atom stereocenters. The second kappa shape index (κ2) is 6.67. The predicted molar refractivity (Wildman–Crippen MR) is 76.3 cm³/mol. The van der Waals surface area contributed by atoms with E-state index in [1.807, 2.05) is 6.92 Å². The van der Waals surface area contributed by atoms with Gasteiger partial charge in [-0.05, 0) is 32.0 Å². The van der Waals surface area contributed by atoms with Gasteiger partial charge in [-0.15, -0.1) is 0 Å². The lowest BCUT2D eigenvalue weighted by Gasteiger charge is -2.19. The number of nitrogens with zero attached hydrogens (tertiary/aromatic N) is 2. The molecule has 114 valence electrons. The number of hydrogen-bond donors (Lipinski definition) is 1. The van der Waals surface area contributed by atoms with Gasteiger partial charge in [0.15, 0.2) is 5.75 Å². The van der Waals surface area contributed by atoms with Gasteiger partial charge in [-0.3, -0.25) is 4.68 Å². The van der Waals surface area contributed by atoms with E-state index in [2.05, 4.69) is 10.4 Å². The molecular weight excluding hydrogens is 276 g/mol. The molecule has 6 heteroatoms. The van der Waals surface area contributed by atoms with E-state index in [1.165, 1.54) is 12.1 Å². The van der Waals surface area contributed by atoms with Crippen molar-refractivity contribution >= 4 is 0 Å². The fraction of sp³-hybridized carbons (Fsp3) is 0.400. The van der Waals surface area contributed by atoms with Gasteiger partial charge in [0.2, 0.25) is 0 Å². The van der Waals surface area contributed by atoms with Crippen LogP contribution in [0.4, 0.5) is 8.78 Å². The molecule has 0 aliphatic carbocycles. The summed E-state index contributed by atoms with van der Waals surface area (Å²) in [5.41, 5.74) is 1.30. The van der Waals surface area contributed by atoms with E-state index in [4.69, 9.17) is 4.74 Å². The maximum absolute atomic E-state index is 13.8. The molecule has 0 saturated heterocycles. The molecule has 1 aromatic heterocycles. The minimum atomic E-state index is -0.576. The van der Waals surface area contributed by atoms with E-state index in [9.17, 15) is 8.78 Å². The van der Waals surface area contributed by atoms with Gasteiger partial charge in [0.05, 0.1) is 25.0 Å². The molecule has 0 radical (unpaired) electrons. The molecule has 0 spiro atoms. The highest BCUT2D eigenvalue weighted by Gasteiger charge is 2.21. The fourth-order valence-corrected chi connectivity index (χ4v) is 2.38. The van der Waals surface area contributed by atoms with Crippen molar-refractivity contribution in [1.82, 2.24) is 15.1 Å². The number of aromatic nitrogens is 2. The quantitative estimate of drug-likeness (QED) is 0.890. The summed E-state index contributed by atoms with van der Waals surface area (Å²) in [6.07, 6.45) is 2.02. The van der Waals surface area contributed by atoms with Crippen LogP contribution >= 0.6 is 0 Å². The lowest BCUT2D eigenvalue weighted by atomic mass is 10.0. The first-order valence-electron chi connectivity index (χ1n) is 6.81. The van der Waals surface area contributed by atoms with Gasteiger partial charge in [-0.25, -0.2) is 8.78 Å². The molecular formula is C15H19F2N3O. The number of benzene rings is 1. The smallest absolute Gasteiger partial charge is 0.161 e. The van der Waals surface area contributed by atoms with Crippen molar-refractivity contribution in [2.24, 2.45) is 0 Å². The largest absolute Gasteiger partial charge is 0.493 e. The number of likely N-dealkylation sites (N-methyl/N-ethyl adjacent to an activating group) is 1. The molecule has 0 aliphatic heterocycles. The predicted octanol–water partition coefficient (Wildman–Crippen LogP) is 2.69. The molecule has 1 N–H and O–H groups in total. The summed E-state index contributed by atoms with van der Waals surface area (Å²) in [6.45, 7) is 2.66. The Morgan fingerprint density at radius 3 is 2.71 bits per heavy atom. The molecule has 1 unspecified atom stereocenters. The number of rotatable bonds is 6. The van der Waals surface area contributed by atoms with Gasteiger partial charge in [-0.1, -0.05) is 6.07 Å². The molecule has 2 aromatic rings. The molecule has 1 aromatic carbocycles. The van der Waals surface area contributed by atoms with Crippen LogP contribution in [0.15, 0.2) is 24.4 Å². The highest BCUT2D eigenvalue weighted by molar-refractivity contribution is 5.31. The van der Waals surface area contributed by atoms with Crippen molar-refractivity contribution in [3.63, 3.8) is 0 Å². The van der Waals surface area contributed by atoms with Gasteiger partial charge in [0.1, 0.15) is 11.6 Å². The van der Waals surface area contributed by atoms with Crippen LogP contribution in [0.3, 0.4) is 0 Å². The first-order valence-corrected chi connectivity index (χ1v) is 6.81. The number of ether oxygens (including phenoxy) is 1. The van der Waals surface area contributed by atoms with Crippen molar-refractivity contribution in [1.29, 1.82) is 0 Å². The first kappa shape index (κ1) is 15.4. The van der Waals surface area contributed by atoms with Crippen LogP contribution in [0.2, 0.25) is 0 Å². The number of hydrogen-bond acceptors (Lipinski definition) is 3. The van der Waals surface area contributed by atoms with E-state index in [1.54, 1.807) is 25.0 Å². The fourth-order valence-electron chi connectivity index (χ4n) is 2.38. The van der Waals surface area contributed by atoms with Crippen molar-refractivity contribution in [2.45, 2.75) is 25.9 Å². The standard InChI is InChI=1S/C15H19F2N3O/c1-4-20-15(14(21-3)9-19-20)13(18-2)7-10-5-6-11(16)8-12(10)17/h5-6,8-9,13,18H,4,7H2,1-3H3. The Hall–Kier alpha value is -1.95. The summed E-state index contributed by atoms with van der Waals surface area (Å²) < 4.78 is 33.9. The molecule has 2 rings (SSSR count). The van der Waals surface area contributed by atoms with Gasteiger partial charge >= 0.3 is 0 Å². The van der Waals surface area contributed by atoms with E-state index in [0.717, 1.165) is 11.8 Å². The van der Waals surface area contributed by atoms with Crippen LogP contribution < -0.4 is 10.1 Å². The Labute approximate surface area is 122 Å². The van der Waals surface area contributed by atoms with Crippen molar-refractivity contribution < 1.29 is 13.5 Å². The van der Waals surface area contributed by atoms with Crippen LogP contribution in [-0.4, -0.2) is 23.9 Å². The molecule has 0 bridgehead atoms. The summed E-state index contributed by atoms with van der Waals surface area (Å²) in [6, 6.07) is 3.45. The minimum absolute atomic E-state index is 0.178. The third kappa shape index (κ3) is 3.21. The highest BCUT2D eigenvalue weighted by Crippen LogP contribution is 2.28. The Balaban J connectivity index is 2.34. The van der Waals surface area contributed by atoms with Crippen molar-refractivity contribution in [3.8, 4) is 5.75 Å². The molecule has 0 fully saturated rings. The van der Waals surface area contributed by atoms with Crippen LogP contribution in [0.1, 0.15) is 24.2 Å². The number of methoxy groups -OCH3 is 1. The Bertz CT molecular complexity index is 591. The summed E-state index contributed by atoms with van der Waals surface area (Å²) in [5, 5.41) is 7.39. The summed E-state index contributed by atoms with van der Waals surface area (Å²) >= 11 is 0. The Morgan fingerprint density at radius 1 is 1.38 bits per heavy atom. The van der Waals surface area contributed by atoms with Crippen LogP contribution in [0.25, 0.3) is 0 Å². The molecule has 1 heterocycles. The molecule has 4 nitrogen and oxygen atoms in total. The van der Waals surface area contributed by atoms with Crippen molar-refractivity contribution in [3.05, 3.63) is 47.3 Å². The van der Waals surface area contributed by atoms with Crippen molar-refractivity contribution in [2.75, 3.05) is 14.2 Å². The maximum atomic E-state index is 13.8. The second-order valence-corrected chi connectivity index (χ2v) is 4.70. The lowest BCUT2D eigenvalue weighted by molar-refractivity contribution is 0.393. The maximum Gasteiger partial charge on any atom is 0.161 e. The number of nitrogens with one attached hydrogen (secondary N) is 1. The van der Waals surface area contributed by atoms with E-state index < -0.39 is 11.6 Å². The van der Waals surface area contributed by atoms with E-state index in [0.29, 0.717) is 24.3 Å². The first-order chi connectivity index (χ1) is 10.1. The average Bonchev–Trinajstić information content (AvgIpc) is 2.89. The molecule has 0 aliphatic rings. The van der Waals surface area contributed by atoms with Gasteiger partial charge < -0.3 is 10.1 Å². The number of aryl methyl sites for hydroxylation is 1. The van der Waals surface area contributed by atoms with Gasteiger partial charge in [0, 0.05) is 12.6 Å². The highest BCUT2D eigenvalue weighted by atomic mass is 19.1. The van der Waals surface area contributed by atoms with Crippen LogP contribution in [0, 0.1) is 11.6 Å². The lowest BCUT2D eigenvalue weighted by Crippen LogP contribution is -2.23. The molecule has 0 saturated carbocycles. The van der Waals surface area contributed by atoms with Gasteiger partial charge in [-0.2, -0.15) is 5.10 Å². The average molecular weight is 295 g/mol. The summed E-state index contributed by atoms with van der Waals surface area (Å²) in [5.74, 6) is -0.469. The van der Waals surface area contributed by atoms with Gasteiger partial charge in [0.25, 0.3) is 0 Å². The molecule has 21 heavy (non-hydrogen) atoms. The molecule has 0 amide bonds. The Morgan fingerprint density at radius 2 is 2.14 bits per heavy atom. The zero-order chi connectivity index (χ0) is 15.4. The number of halogens is 2. The zero-order valence-electron chi connectivity index (χ0n) is 12.4. The third-order valence-corrected chi connectivity index (χ3v) is 3.48. The topological polar surface area (TPSA) is 39.1 Å². The monoisotopic (exact) mass is 295 g/mol. The Kier molecular flexibility index (Phi) is 4.90. The second-order valence-electron chi connectivity index (χ2n) is 4.70. The van der Waals surface area contributed by atoms with Crippen LogP contribution in [0.5, 0.6) is 5.75 Å². The minimum Gasteiger partial charge on any atom is -0.493 e. The van der Waals surface area contributed by atoms with E-state index >= 15 is 0 Å². The summed E-state index contributed by atoms with van der Waals surface area (Å²) in [4.78, 5) is 0. The summed E-state index contributed by atoms with van der Waals surface area (Å²) in [7, 11) is 3.37. The zero-order valence-corrected chi connectivity index (χ0v) is 12.4. The SMILES string of the molecule is CCn1ncc(OC)c1C(Cc1ccc(F)cc1F)NC.